The lowest BCUT2D eigenvalue weighted by Crippen LogP contribution is -2.06. The van der Waals surface area contributed by atoms with Crippen LogP contribution in [0.5, 0.6) is 0 Å². The Hall–Kier alpha value is -0.830. The van der Waals surface area contributed by atoms with Crippen molar-refractivity contribution in [3.63, 3.8) is 0 Å². The number of hydrogen-bond acceptors (Lipinski definition) is 3. The molecule has 0 atom stereocenters. The molecule has 0 spiro atoms. The number of carbonyl (C=O) groups is 1. The molecule has 0 fully saturated rings. The maximum Gasteiger partial charge on any atom is 0.191 e. The molecule has 3 heteroatoms. The van der Waals surface area contributed by atoms with Gasteiger partial charge in [-0.3, -0.25) is 9.78 Å². The molecule has 0 aliphatic rings. The molecule has 0 bridgehead atoms. The Morgan fingerprint density at radius 3 is 2.85 bits per heavy atom. The molecule has 1 aromatic heterocycles. The highest BCUT2D eigenvalue weighted by Gasteiger charge is 2.07. The zero-order valence-corrected chi connectivity index (χ0v) is 8.67. The molecular formula is C10H13NOS. The Bertz CT molecular complexity index is 272. The van der Waals surface area contributed by atoms with E-state index < -0.39 is 0 Å². The van der Waals surface area contributed by atoms with E-state index in [-0.39, 0.29) is 5.78 Å². The normalized spacial score (nSPS) is 10.4. The van der Waals surface area contributed by atoms with Crippen molar-refractivity contribution in [2.24, 2.45) is 0 Å². The minimum atomic E-state index is 0.110. The van der Waals surface area contributed by atoms with E-state index in [2.05, 4.69) is 18.8 Å². The number of aromatic nitrogens is 1. The lowest BCUT2D eigenvalue weighted by Gasteiger charge is -2.02. The zero-order valence-electron chi connectivity index (χ0n) is 7.86. The second kappa shape index (κ2) is 5.02. The highest BCUT2D eigenvalue weighted by atomic mass is 32.2. The number of Topliss-reactive ketones (excluding diaryl/α,β-unsaturated/α-hetero) is 1. The Morgan fingerprint density at radius 2 is 2.31 bits per heavy atom. The first-order chi connectivity index (χ1) is 6.20. The van der Waals surface area contributed by atoms with Gasteiger partial charge in [-0.25, -0.2) is 0 Å². The predicted molar refractivity (Wildman–Crippen MR) is 56.2 cm³/mol. The molecule has 0 aliphatic carbocycles. The second-order valence-corrected chi connectivity index (χ2v) is 4.56. The standard InChI is InChI=1S/C10H13NOS/c1-8(2)13-7-10(12)9-5-3-4-6-11-9/h3-6,8H,7H2,1-2H3. The average molecular weight is 195 g/mol. The van der Waals surface area contributed by atoms with Crippen LogP contribution in [0, 0.1) is 0 Å². The maximum atomic E-state index is 11.5. The van der Waals surface area contributed by atoms with E-state index in [0.29, 0.717) is 16.7 Å². The first-order valence-corrected chi connectivity index (χ1v) is 5.31. The average Bonchev–Trinajstić information content (AvgIpc) is 2.15. The summed E-state index contributed by atoms with van der Waals surface area (Å²) in [5.74, 6) is 0.633. The van der Waals surface area contributed by atoms with Gasteiger partial charge in [0.15, 0.2) is 5.78 Å². The first-order valence-electron chi connectivity index (χ1n) is 4.26. The minimum absolute atomic E-state index is 0.110. The molecule has 1 aromatic rings. The van der Waals surface area contributed by atoms with Crippen molar-refractivity contribution in [1.82, 2.24) is 4.98 Å². The molecule has 0 saturated carbocycles. The van der Waals surface area contributed by atoms with Crippen LogP contribution in [0.1, 0.15) is 24.3 Å². The van der Waals surface area contributed by atoms with Crippen LogP contribution < -0.4 is 0 Å². The zero-order chi connectivity index (χ0) is 9.68. The highest BCUT2D eigenvalue weighted by Crippen LogP contribution is 2.10. The third-order valence-electron chi connectivity index (χ3n) is 1.50. The number of hydrogen-bond donors (Lipinski definition) is 0. The molecule has 13 heavy (non-hydrogen) atoms. The largest absolute Gasteiger partial charge is 0.292 e. The number of thioether (sulfide) groups is 1. The van der Waals surface area contributed by atoms with E-state index in [0.717, 1.165) is 0 Å². The van der Waals surface area contributed by atoms with E-state index in [9.17, 15) is 4.79 Å². The molecule has 0 unspecified atom stereocenters. The van der Waals surface area contributed by atoms with Gasteiger partial charge < -0.3 is 0 Å². The van der Waals surface area contributed by atoms with Gasteiger partial charge in [0.1, 0.15) is 5.69 Å². The van der Waals surface area contributed by atoms with Crippen LogP contribution in [0.3, 0.4) is 0 Å². The molecule has 0 radical (unpaired) electrons. The number of ketones is 1. The minimum Gasteiger partial charge on any atom is -0.292 e. The lowest BCUT2D eigenvalue weighted by atomic mass is 10.3. The topological polar surface area (TPSA) is 30.0 Å². The Morgan fingerprint density at radius 1 is 1.54 bits per heavy atom. The lowest BCUT2D eigenvalue weighted by molar-refractivity contribution is 0.101. The summed E-state index contributed by atoms with van der Waals surface area (Å²) in [7, 11) is 0. The Labute approximate surface area is 82.8 Å². The molecule has 0 amide bonds. The monoisotopic (exact) mass is 195 g/mol. The van der Waals surface area contributed by atoms with Crippen LogP contribution in [0.25, 0.3) is 0 Å². The number of carbonyl (C=O) groups excluding carboxylic acids is 1. The summed E-state index contributed by atoms with van der Waals surface area (Å²) in [5, 5.41) is 0.493. The van der Waals surface area contributed by atoms with Crippen molar-refractivity contribution >= 4 is 17.5 Å². The van der Waals surface area contributed by atoms with Gasteiger partial charge in [0.25, 0.3) is 0 Å². The number of rotatable bonds is 4. The fourth-order valence-electron chi connectivity index (χ4n) is 0.844. The molecule has 70 valence electrons. The summed E-state index contributed by atoms with van der Waals surface area (Å²) in [6.07, 6.45) is 1.65. The predicted octanol–water partition coefficient (Wildman–Crippen LogP) is 2.41. The molecule has 1 heterocycles. The first kappa shape index (κ1) is 10.3. The van der Waals surface area contributed by atoms with Crippen molar-refractivity contribution in [1.29, 1.82) is 0 Å². The Balaban J connectivity index is 2.50. The van der Waals surface area contributed by atoms with Crippen LogP contribution in [-0.4, -0.2) is 21.8 Å². The van der Waals surface area contributed by atoms with Crippen LogP contribution >= 0.6 is 11.8 Å². The van der Waals surface area contributed by atoms with Gasteiger partial charge in [-0.15, -0.1) is 0 Å². The van der Waals surface area contributed by atoms with Crippen molar-refractivity contribution < 1.29 is 4.79 Å². The summed E-state index contributed by atoms with van der Waals surface area (Å²) in [5.41, 5.74) is 0.565. The Kier molecular flexibility index (Phi) is 3.96. The third kappa shape index (κ3) is 3.59. The molecule has 1 rings (SSSR count). The number of nitrogens with zero attached hydrogens (tertiary/aromatic N) is 1. The van der Waals surface area contributed by atoms with Gasteiger partial charge in [0.2, 0.25) is 0 Å². The van der Waals surface area contributed by atoms with Crippen LogP contribution in [0.15, 0.2) is 24.4 Å². The van der Waals surface area contributed by atoms with Gasteiger partial charge in [-0.05, 0) is 17.4 Å². The van der Waals surface area contributed by atoms with Gasteiger partial charge in [-0.1, -0.05) is 19.9 Å². The molecule has 0 aliphatic heterocycles. The van der Waals surface area contributed by atoms with Gasteiger partial charge >= 0.3 is 0 Å². The fourth-order valence-corrected chi connectivity index (χ4v) is 1.48. The fraction of sp³-hybridized carbons (Fsp3) is 0.400. The van der Waals surface area contributed by atoms with Crippen molar-refractivity contribution in [2.75, 3.05) is 5.75 Å². The van der Waals surface area contributed by atoms with Crippen molar-refractivity contribution in [3.8, 4) is 0 Å². The van der Waals surface area contributed by atoms with Gasteiger partial charge in [0, 0.05) is 6.20 Å². The summed E-state index contributed by atoms with van der Waals surface area (Å²) < 4.78 is 0. The smallest absolute Gasteiger partial charge is 0.191 e. The van der Waals surface area contributed by atoms with E-state index in [1.54, 1.807) is 24.0 Å². The van der Waals surface area contributed by atoms with Crippen LogP contribution in [0.2, 0.25) is 0 Å². The molecule has 2 nitrogen and oxygen atoms in total. The summed E-state index contributed by atoms with van der Waals surface area (Å²) >= 11 is 1.64. The van der Waals surface area contributed by atoms with Crippen molar-refractivity contribution in [2.45, 2.75) is 19.1 Å². The van der Waals surface area contributed by atoms with Gasteiger partial charge in [0.05, 0.1) is 5.75 Å². The summed E-state index contributed by atoms with van der Waals surface area (Å²) in [6, 6.07) is 5.40. The summed E-state index contributed by atoms with van der Waals surface area (Å²) in [6.45, 7) is 4.16. The van der Waals surface area contributed by atoms with E-state index in [4.69, 9.17) is 0 Å². The molecule has 0 aromatic carbocycles. The third-order valence-corrected chi connectivity index (χ3v) is 2.59. The molecular weight excluding hydrogens is 182 g/mol. The molecule has 0 N–H and O–H groups in total. The SMILES string of the molecule is CC(C)SCC(=O)c1ccccn1. The second-order valence-electron chi connectivity index (χ2n) is 3.00. The van der Waals surface area contributed by atoms with Crippen molar-refractivity contribution in [3.05, 3.63) is 30.1 Å². The molecule has 0 saturated heterocycles. The maximum absolute atomic E-state index is 11.5. The van der Waals surface area contributed by atoms with E-state index in [1.807, 2.05) is 12.1 Å². The summed E-state index contributed by atoms with van der Waals surface area (Å²) in [4.78, 5) is 15.5. The quantitative estimate of drug-likeness (QED) is 0.691. The van der Waals surface area contributed by atoms with Gasteiger partial charge in [-0.2, -0.15) is 11.8 Å². The highest BCUT2D eigenvalue weighted by molar-refractivity contribution is 8.00. The number of pyridine rings is 1. The van der Waals surface area contributed by atoms with E-state index in [1.165, 1.54) is 0 Å². The van der Waals surface area contributed by atoms with Crippen LogP contribution in [0.4, 0.5) is 0 Å². The van der Waals surface area contributed by atoms with Crippen LogP contribution in [-0.2, 0) is 0 Å². The van der Waals surface area contributed by atoms with E-state index >= 15 is 0 Å².